The van der Waals surface area contributed by atoms with Gasteiger partial charge in [-0.3, -0.25) is 0 Å². The SMILES string of the molecule is CNc1nc(NCCCCCCC(C)C)c2ccsc2n1. The van der Waals surface area contributed by atoms with Crippen molar-refractivity contribution in [2.45, 2.75) is 46.0 Å². The van der Waals surface area contributed by atoms with E-state index in [1.807, 2.05) is 7.05 Å². The van der Waals surface area contributed by atoms with Gasteiger partial charge in [-0.2, -0.15) is 4.98 Å². The van der Waals surface area contributed by atoms with E-state index in [0.29, 0.717) is 5.95 Å². The monoisotopic (exact) mass is 306 g/mol. The molecule has 0 fully saturated rings. The first-order chi connectivity index (χ1) is 10.2. The van der Waals surface area contributed by atoms with Crippen LogP contribution in [0.3, 0.4) is 0 Å². The molecule has 0 radical (unpaired) electrons. The van der Waals surface area contributed by atoms with Crippen molar-refractivity contribution in [1.82, 2.24) is 9.97 Å². The van der Waals surface area contributed by atoms with Gasteiger partial charge in [0.05, 0.1) is 5.39 Å². The number of nitrogens with one attached hydrogen (secondary N) is 2. The summed E-state index contributed by atoms with van der Waals surface area (Å²) in [5, 5.41) is 9.68. The van der Waals surface area contributed by atoms with E-state index in [4.69, 9.17) is 0 Å². The van der Waals surface area contributed by atoms with Crippen LogP contribution in [-0.2, 0) is 0 Å². The Kier molecular flexibility index (Phi) is 6.23. The summed E-state index contributed by atoms with van der Waals surface area (Å²) < 4.78 is 0. The zero-order valence-electron chi connectivity index (χ0n) is 13.3. The Bertz CT molecular complexity index is 550. The minimum Gasteiger partial charge on any atom is -0.369 e. The highest BCUT2D eigenvalue weighted by Crippen LogP contribution is 2.26. The zero-order chi connectivity index (χ0) is 15.1. The Morgan fingerprint density at radius 1 is 1.14 bits per heavy atom. The third-order valence-corrected chi connectivity index (χ3v) is 4.36. The summed E-state index contributed by atoms with van der Waals surface area (Å²) >= 11 is 1.65. The number of anilines is 2. The molecule has 0 atom stereocenters. The average molecular weight is 306 g/mol. The van der Waals surface area contributed by atoms with Gasteiger partial charge < -0.3 is 10.6 Å². The lowest BCUT2D eigenvalue weighted by Gasteiger charge is -2.09. The molecular formula is C16H26N4S. The Morgan fingerprint density at radius 3 is 2.71 bits per heavy atom. The van der Waals surface area contributed by atoms with Crippen molar-refractivity contribution in [1.29, 1.82) is 0 Å². The third kappa shape index (κ3) is 4.84. The van der Waals surface area contributed by atoms with E-state index >= 15 is 0 Å². The molecule has 4 nitrogen and oxygen atoms in total. The molecule has 0 amide bonds. The molecule has 0 aliphatic carbocycles. The van der Waals surface area contributed by atoms with Crippen molar-refractivity contribution in [2.24, 2.45) is 5.92 Å². The number of nitrogens with zero attached hydrogens (tertiary/aromatic N) is 2. The normalized spacial score (nSPS) is 11.2. The van der Waals surface area contributed by atoms with Crippen molar-refractivity contribution >= 4 is 33.3 Å². The van der Waals surface area contributed by atoms with Crippen LogP contribution in [0, 0.1) is 5.92 Å². The minimum atomic E-state index is 0.685. The predicted molar refractivity (Wildman–Crippen MR) is 93.4 cm³/mol. The Balaban J connectivity index is 1.79. The maximum absolute atomic E-state index is 4.52. The third-order valence-electron chi connectivity index (χ3n) is 3.55. The summed E-state index contributed by atoms with van der Waals surface area (Å²) in [6.07, 6.45) is 6.52. The van der Waals surface area contributed by atoms with E-state index in [1.165, 1.54) is 32.1 Å². The molecule has 21 heavy (non-hydrogen) atoms. The van der Waals surface area contributed by atoms with Crippen molar-refractivity contribution in [3.8, 4) is 0 Å². The lowest BCUT2D eigenvalue weighted by atomic mass is 10.0. The second-order valence-electron chi connectivity index (χ2n) is 5.81. The van der Waals surface area contributed by atoms with Crippen molar-refractivity contribution in [3.05, 3.63) is 11.4 Å². The predicted octanol–water partition coefficient (Wildman–Crippen LogP) is 4.75. The summed E-state index contributed by atoms with van der Waals surface area (Å²) in [6, 6.07) is 2.09. The van der Waals surface area contributed by atoms with Crippen LogP contribution in [0.4, 0.5) is 11.8 Å². The fourth-order valence-electron chi connectivity index (χ4n) is 2.34. The fourth-order valence-corrected chi connectivity index (χ4v) is 3.10. The van der Waals surface area contributed by atoms with Gasteiger partial charge in [0.1, 0.15) is 10.6 Å². The first kappa shape index (κ1) is 16.0. The summed E-state index contributed by atoms with van der Waals surface area (Å²) in [7, 11) is 1.85. The number of thiophene rings is 1. The highest BCUT2D eigenvalue weighted by molar-refractivity contribution is 7.16. The van der Waals surface area contributed by atoms with Crippen LogP contribution in [0.1, 0.15) is 46.0 Å². The molecule has 0 aromatic carbocycles. The number of unbranched alkanes of at least 4 members (excludes halogenated alkanes) is 3. The summed E-state index contributed by atoms with van der Waals surface area (Å²) in [4.78, 5) is 10.0. The van der Waals surface area contributed by atoms with Gasteiger partial charge in [0.15, 0.2) is 0 Å². The molecule has 0 bridgehead atoms. The molecule has 0 aliphatic heterocycles. The van der Waals surface area contributed by atoms with Crippen LogP contribution >= 0.6 is 11.3 Å². The lowest BCUT2D eigenvalue weighted by Crippen LogP contribution is -2.06. The number of hydrogen-bond donors (Lipinski definition) is 2. The van der Waals surface area contributed by atoms with Gasteiger partial charge in [0.2, 0.25) is 5.95 Å². The molecule has 2 rings (SSSR count). The van der Waals surface area contributed by atoms with E-state index < -0.39 is 0 Å². The van der Waals surface area contributed by atoms with Crippen LogP contribution < -0.4 is 10.6 Å². The first-order valence-corrected chi connectivity index (χ1v) is 8.75. The topological polar surface area (TPSA) is 49.8 Å². The molecular weight excluding hydrogens is 280 g/mol. The van der Waals surface area contributed by atoms with E-state index in [0.717, 1.165) is 28.5 Å². The zero-order valence-corrected chi connectivity index (χ0v) is 14.1. The second kappa shape index (κ2) is 8.17. The number of hydrogen-bond acceptors (Lipinski definition) is 5. The highest BCUT2D eigenvalue weighted by Gasteiger charge is 2.07. The van der Waals surface area contributed by atoms with Crippen LogP contribution in [-0.4, -0.2) is 23.6 Å². The van der Waals surface area contributed by atoms with Gasteiger partial charge in [-0.25, -0.2) is 4.98 Å². The molecule has 116 valence electrons. The molecule has 0 saturated heterocycles. The smallest absolute Gasteiger partial charge is 0.225 e. The van der Waals surface area contributed by atoms with Gasteiger partial charge in [0, 0.05) is 13.6 Å². The quantitative estimate of drug-likeness (QED) is 0.656. The fraction of sp³-hybridized carbons (Fsp3) is 0.625. The average Bonchev–Trinajstić information content (AvgIpc) is 2.94. The van der Waals surface area contributed by atoms with Gasteiger partial charge in [-0.15, -0.1) is 11.3 Å². The van der Waals surface area contributed by atoms with Gasteiger partial charge in [-0.1, -0.05) is 39.5 Å². The van der Waals surface area contributed by atoms with Crippen LogP contribution in [0.25, 0.3) is 10.2 Å². The highest BCUT2D eigenvalue weighted by atomic mass is 32.1. The first-order valence-electron chi connectivity index (χ1n) is 7.87. The second-order valence-corrected chi connectivity index (χ2v) is 6.70. The number of fused-ring (bicyclic) bond motifs is 1. The molecule has 2 aromatic rings. The van der Waals surface area contributed by atoms with Gasteiger partial charge in [-0.05, 0) is 23.8 Å². The molecule has 0 unspecified atom stereocenters. The van der Waals surface area contributed by atoms with Crippen molar-refractivity contribution in [3.63, 3.8) is 0 Å². The molecule has 0 aliphatic rings. The maximum atomic E-state index is 4.52. The van der Waals surface area contributed by atoms with Crippen LogP contribution in [0.5, 0.6) is 0 Å². The van der Waals surface area contributed by atoms with E-state index in [1.54, 1.807) is 11.3 Å². The Morgan fingerprint density at radius 2 is 1.95 bits per heavy atom. The lowest BCUT2D eigenvalue weighted by molar-refractivity contribution is 0.523. The largest absolute Gasteiger partial charge is 0.369 e. The maximum Gasteiger partial charge on any atom is 0.225 e. The van der Waals surface area contributed by atoms with Crippen LogP contribution in [0.15, 0.2) is 11.4 Å². The summed E-state index contributed by atoms with van der Waals surface area (Å²) in [6.45, 7) is 5.57. The molecule has 5 heteroatoms. The van der Waals surface area contributed by atoms with E-state index in [9.17, 15) is 0 Å². The number of rotatable bonds is 9. The van der Waals surface area contributed by atoms with Gasteiger partial charge >= 0.3 is 0 Å². The molecule has 2 aromatic heterocycles. The van der Waals surface area contributed by atoms with E-state index in [2.05, 4.69) is 45.9 Å². The number of aromatic nitrogens is 2. The van der Waals surface area contributed by atoms with Crippen LogP contribution in [0.2, 0.25) is 0 Å². The van der Waals surface area contributed by atoms with Crippen molar-refractivity contribution < 1.29 is 0 Å². The summed E-state index contributed by atoms with van der Waals surface area (Å²) in [5.41, 5.74) is 0. The molecule has 2 N–H and O–H groups in total. The van der Waals surface area contributed by atoms with Crippen molar-refractivity contribution in [2.75, 3.05) is 24.2 Å². The molecule has 2 heterocycles. The minimum absolute atomic E-state index is 0.685. The Labute approximate surface area is 131 Å². The molecule has 0 spiro atoms. The standard InChI is InChI=1S/C16H26N4S/c1-12(2)8-6-4-5-7-10-18-14-13-9-11-21-15(13)20-16(17-3)19-14/h9,11-12H,4-8,10H2,1-3H3,(H2,17,18,19,20). The summed E-state index contributed by atoms with van der Waals surface area (Å²) in [5.74, 6) is 2.47. The molecule has 0 saturated carbocycles. The Hall–Kier alpha value is -1.36. The van der Waals surface area contributed by atoms with E-state index in [-0.39, 0.29) is 0 Å². The van der Waals surface area contributed by atoms with Gasteiger partial charge in [0.25, 0.3) is 0 Å².